The fourth-order valence-corrected chi connectivity index (χ4v) is 3.26. The van der Waals surface area contributed by atoms with E-state index in [1.165, 1.54) is 15.3 Å². The molecule has 32 heavy (non-hydrogen) atoms. The van der Waals surface area contributed by atoms with E-state index in [2.05, 4.69) is 32.3 Å². The number of pyridine rings is 1. The van der Waals surface area contributed by atoms with Crippen molar-refractivity contribution in [2.45, 2.75) is 45.8 Å². The number of hydrogen-bond donors (Lipinski definition) is 1. The lowest BCUT2D eigenvalue weighted by Crippen LogP contribution is -2.07. The molecule has 0 aliphatic carbocycles. The molecule has 0 bridgehead atoms. The van der Waals surface area contributed by atoms with Gasteiger partial charge in [0.25, 0.3) is 5.66 Å². The Balaban J connectivity index is 1.89. The van der Waals surface area contributed by atoms with Crippen molar-refractivity contribution in [3.05, 3.63) is 53.6 Å². The highest BCUT2D eigenvalue weighted by atomic mass is 31.0. The van der Waals surface area contributed by atoms with Crippen molar-refractivity contribution in [3.8, 4) is 11.4 Å². The third kappa shape index (κ3) is 6.13. The summed E-state index contributed by atoms with van der Waals surface area (Å²) in [5, 5.41) is 7.41. The lowest BCUT2D eigenvalue weighted by Gasteiger charge is -2.13. The topological polar surface area (TPSA) is 68.0 Å². The predicted molar refractivity (Wildman–Crippen MR) is 124 cm³/mol. The number of benzene rings is 1. The van der Waals surface area contributed by atoms with Gasteiger partial charge in [0, 0.05) is 41.9 Å². The van der Waals surface area contributed by atoms with Crippen LogP contribution in [0.15, 0.2) is 41.5 Å². The summed E-state index contributed by atoms with van der Waals surface area (Å²) < 4.78 is 42.9. The molecule has 0 saturated heterocycles. The zero-order valence-corrected chi connectivity index (χ0v) is 19.4. The fourth-order valence-electron chi connectivity index (χ4n) is 3.04. The van der Waals surface area contributed by atoms with Crippen LogP contribution in [0.25, 0.3) is 11.4 Å². The predicted octanol–water partition coefficient (Wildman–Crippen LogP) is 5.72. The molecule has 0 spiro atoms. The minimum absolute atomic E-state index is 0.229. The third-order valence-electron chi connectivity index (χ3n) is 4.83. The Morgan fingerprint density at radius 1 is 1.25 bits per heavy atom. The van der Waals surface area contributed by atoms with Gasteiger partial charge in [-0.2, -0.15) is 13.8 Å². The molecule has 10 heteroatoms. The summed E-state index contributed by atoms with van der Waals surface area (Å²) in [4.78, 5) is 13.3. The van der Waals surface area contributed by atoms with Crippen molar-refractivity contribution < 1.29 is 13.2 Å². The fraction of sp³-hybridized carbons (Fsp3) is 0.364. The Kier molecular flexibility index (Phi) is 7.61. The van der Waals surface area contributed by atoms with Crippen molar-refractivity contribution in [1.82, 2.24) is 19.7 Å². The zero-order chi connectivity index (χ0) is 23.3. The second-order valence-electron chi connectivity index (χ2n) is 7.43. The van der Waals surface area contributed by atoms with Crippen molar-refractivity contribution in [3.63, 3.8) is 0 Å². The normalized spacial score (nSPS) is 12.3. The van der Waals surface area contributed by atoms with E-state index in [4.69, 9.17) is 0 Å². The number of alkyl halides is 2. The summed E-state index contributed by atoms with van der Waals surface area (Å²) >= 11 is 0. The molecule has 6 nitrogen and oxygen atoms in total. The van der Waals surface area contributed by atoms with E-state index in [-0.39, 0.29) is 11.6 Å². The monoisotopic (exact) mass is 462 g/mol. The molecule has 0 fully saturated rings. The molecule has 2 aromatic heterocycles. The van der Waals surface area contributed by atoms with Gasteiger partial charge in [-0.15, -0.1) is 5.10 Å². The molecule has 170 valence electrons. The third-order valence-corrected chi connectivity index (χ3v) is 5.14. The van der Waals surface area contributed by atoms with Crippen LogP contribution in [0.2, 0.25) is 0 Å². The van der Waals surface area contributed by atoms with Gasteiger partial charge in [-0.25, -0.2) is 9.07 Å². The van der Waals surface area contributed by atoms with Crippen LogP contribution < -0.4 is 5.32 Å². The average Bonchev–Trinajstić information content (AvgIpc) is 3.14. The standard InChI is InChI=1S/C22H26F3N6P/c1-4-14(2)26-9-5-11-31-20(16-8-10-27-15(3)12-16)29-21(30-31)28-17-6-7-19(23)18(13-17)22(24,25)32/h6-8,10,12-13H,4-5,9,11,32H2,1-3H3,(H,28,30). The van der Waals surface area contributed by atoms with Crippen LogP contribution in [0.4, 0.5) is 24.8 Å². The van der Waals surface area contributed by atoms with E-state index in [1.807, 2.05) is 26.0 Å². The Bertz CT molecular complexity index is 1110. The summed E-state index contributed by atoms with van der Waals surface area (Å²) in [5.41, 5.74) is -1.08. The van der Waals surface area contributed by atoms with Gasteiger partial charge in [-0.3, -0.25) is 9.98 Å². The van der Waals surface area contributed by atoms with Crippen molar-refractivity contribution in [2.75, 3.05) is 11.9 Å². The molecule has 3 aromatic rings. The maximum absolute atomic E-state index is 13.8. The maximum atomic E-state index is 13.8. The molecular weight excluding hydrogens is 436 g/mol. The first-order chi connectivity index (χ1) is 15.2. The van der Waals surface area contributed by atoms with E-state index in [0.29, 0.717) is 18.9 Å². The van der Waals surface area contributed by atoms with Crippen molar-refractivity contribution >= 4 is 26.6 Å². The second kappa shape index (κ2) is 10.2. The number of rotatable bonds is 9. The van der Waals surface area contributed by atoms with Crippen LogP contribution in [-0.2, 0) is 12.2 Å². The van der Waals surface area contributed by atoms with Crippen LogP contribution in [-0.4, -0.2) is 32.0 Å². The largest absolute Gasteiger partial charge is 0.323 e. The number of aliphatic imine (C=N–C) groups is 1. The number of anilines is 2. The highest BCUT2D eigenvalue weighted by molar-refractivity contribution is 7.17. The number of aromatic nitrogens is 4. The molecule has 1 unspecified atom stereocenters. The van der Waals surface area contributed by atoms with E-state index in [1.54, 1.807) is 10.9 Å². The Hall–Kier alpha value is -2.80. The van der Waals surface area contributed by atoms with Gasteiger partial charge >= 0.3 is 0 Å². The Labute approximate surface area is 187 Å². The number of nitrogens with zero attached hydrogens (tertiary/aromatic N) is 5. The first-order valence-corrected chi connectivity index (χ1v) is 10.9. The van der Waals surface area contributed by atoms with Gasteiger partial charge in [-0.1, -0.05) is 16.2 Å². The van der Waals surface area contributed by atoms with Crippen LogP contribution >= 0.6 is 9.24 Å². The Morgan fingerprint density at radius 3 is 2.72 bits per heavy atom. The Morgan fingerprint density at radius 2 is 2.03 bits per heavy atom. The quantitative estimate of drug-likeness (QED) is 0.251. The minimum Gasteiger partial charge on any atom is -0.323 e. The first kappa shape index (κ1) is 23.9. The van der Waals surface area contributed by atoms with Gasteiger partial charge in [-0.05, 0) is 57.0 Å². The van der Waals surface area contributed by atoms with E-state index in [0.717, 1.165) is 41.9 Å². The molecule has 1 atom stereocenters. The summed E-state index contributed by atoms with van der Waals surface area (Å²) in [6.07, 6.45) is 3.37. The molecule has 1 N–H and O–H groups in total. The highest BCUT2D eigenvalue weighted by Gasteiger charge is 2.28. The average molecular weight is 462 g/mol. The molecular formula is C22H26F3N6P. The first-order valence-electron chi connectivity index (χ1n) is 10.3. The number of aryl methyl sites for hydroxylation is 2. The minimum atomic E-state index is -3.38. The molecule has 0 saturated carbocycles. The van der Waals surface area contributed by atoms with Crippen LogP contribution in [0.5, 0.6) is 0 Å². The van der Waals surface area contributed by atoms with E-state index >= 15 is 0 Å². The lowest BCUT2D eigenvalue weighted by atomic mass is 10.2. The number of halogens is 3. The molecule has 3 rings (SSSR count). The van der Waals surface area contributed by atoms with Crippen LogP contribution in [0, 0.1) is 12.7 Å². The number of nitrogens with one attached hydrogen (secondary N) is 1. The molecule has 0 aliphatic heterocycles. The summed E-state index contributed by atoms with van der Waals surface area (Å²) in [6, 6.07) is 7.15. The van der Waals surface area contributed by atoms with Gasteiger partial charge in [0.1, 0.15) is 5.82 Å². The van der Waals surface area contributed by atoms with Crippen LogP contribution in [0.3, 0.4) is 0 Å². The lowest BCUT2D eigenvalue weighted by molar-refractivity contribution is 0.0993. The molecule has 0 aliphatic rings. The zero-order valence-electron chi connectivity index (χ0n) is 18.2. The SMILES string of the molecule is CCC(C)=NCCCn1nc(Nc2ccc(F)c(C(F)(F)P)c2)nc1-c1ccnc(C)c1. The second-order valence-corrected chi connectivity index (χ2v) is 8.16. The highest BCUT2D eigenvalue weighted by Crippen LogP contribution is 2.37. The molecule has 0 amide bonds. The van der Waals surface area contributed by atoms with Gasteiger partial charge in [0.05, 0.1) is 5.56 Å². The molecule has 1 aromatic carbocycles. The smallest absolute Gasteiger partial charge is 0.286 e. The molecule has 0 radical (unpaired) electrons. The van der Waals surface area contributed by atoms with Gasteiger partial charge < -0.3 is 5.32 Å². The van der Waals surface area contributed by atoms with Crippen molar-refractivity contribution in [1.29, 1.82) is 0 Å². The van der Waals surface area contributed by atoms with E-state index < -0.39 is 17.0 Å². The molecule has 2 heterocycles. The van der Waals surface area contributed by atoms with Gasteiger partial charge in [0.15, 0.2) is 5.82 Å². The summed E-state index contributed by atoms with van der Waals surface area (Å²) in [5.74, 6) is -0.134. The summed E-state index contributed by atoms with van der Waals surface area (Å²) in [6.45, 7) is 7.18. The maximum Gasteiger partial charge on any atom is 0.286 e. The van der Waals surface area contributed by atoms with Gasteiger partial charge in [0.2, 0.25) is 5.95 Å². The van der Waals surface area contributed by atoms with Crippen LogP contribution in [0.1, 0.15) is 37.9 Å². The summed E-state index contributed by atoms with van der Waals surface area (Å²) in [7, 11) is 1.35. The van der Waals surface area contributed by atoms with Crippen molar-refractivity contribution in [2.24, 2.45) is 4.99 Å². The number of hydrogen-bond acceptors (Lipinski definition) is 5. The van der Waals surface area contributed by atoms with E-state index in [9.17, 15) is 13.2 Å².